The van der Waals surface area contributed by atoms with E-state index >= 15 is 0 Å². The molecule has 4 rings (SSSR count). The van der Waals surface area contributed by atoms with Crippen molar-refractivity contribution in [3.8, 4) is 0 Å². The fourth-order valence-electron chi connectivity index (χ4n) is 4.69. The average Bonchev–Trinajstić information content (AvgIpc) is 2.65. The highest BCUT2D eigenvalue weighted by Crippen LogP contribution is 2.35. The van der Waals surface area contributed by atoms with Crippen LogP contribution in [0.1, 0.15) is 30.4 Å². The smallest absolute Gasteiger partial charge is 0.228 e. The van der Waals surface area contributed by atoms with Crippen LogP contribution >= 0.6 is 0 Å². The van der Waals surface area contributed by atoms with Crippen LogP contribution in [-0.4, -0.2) is 67.2 Å². The number of piperidine rings is 1. The molecule has 2 fully saturated rings. The minimum absolute atomic E-state index is 0.183. The molecule has 0 spiro atoms. The predicted molar refractivity (Wildman–Crippen MR) is 109 cm³/mol. The zero-order valence-corrected chi connectivity index (χ0v) is 16.4. The standard InChI is InChI=1S/C22H28N4O/c1-15-9-17(14-26(11-15)22(27)18-12-25(3)13-18)19-7-6-16(10-23-2)21-20(19)5-4-8-24-21/h4-8,10,15,17-18H,9,11-14H2,1-3H3/b23-10+/t15-,17-/m1/s1. The number of hydrogen-bond acceptors (Lipinski definition) is 4. The van der Waals surface area contributed by atoms with Gasteiger partial charge in [0.2, 0.25) is 5.91 Å². The first-order valence-electron chi connectivity index (χ1n) is 9.84. The van der Waals surface area contributed by atoms with Crippen molar-refractivity contribution >= 4 is 23.0 Å². The number of hydrogen-bond donors (Lipinski definition) is 0. The molecule has 0 aliphatic carbocycles. The lowest BCUT2D eigenvalue weighted by atomic mass is 9.82. The second-order valence-electron chi connectivity index (χ2n) is 8.23. The van der Waals surface area contributed by atoms with E-state index in [9.17, 15) is 4.79 Å². The largest absolute Gasteiger partial charge is 0.341 e. The summed E-state index contributed by atoms with van der Waals surface area (Å²) in [6.07, 6.45) is 4.82. The zero-order valence-electron chi connectivity index (χ0n) is 16.4. The summed E-state index contributed by atoms with van der Waals surface area (Å²) in [5.41, 5.74) is 3.35. The number of aromatic nitrogens is 1. The average molecular weight is 364 g/mol. The van der Waals surface area contributed by atoms with Crippen LogP contribution in [0.4, 0.5) is 0 Å². The van der Waals surface area contributed by atoms with Gasteiger partial charge in [0.15, 0.2) is 0 Å². The first-order valence-corrected chi connectivity index (χ1v) is 9.84. The highest BCUT2D eigenvalue weighted by molar-refractivity contribution is 5.99. The van der Waals surface area contributed by atoms with Gasteiger partial charge in [0, 0.05) is 62.5 Å². The van der Waals surface area contributed by atoms with Crippen LogP contribution in [0.2, 0.25) is 0 Å². The summed E-state index contributed by atoms with van der Waals surface area (Å²) in [4.78, 5) is 26.0. The Morgan fingerprint density at radius 2 is 2.04 bits per heavy atom. The highest BCUT2D eigenvalue weighted by Gasteiger charge is 2.37. The Morgan fingerprint density at radius 3 is 2.78 bits per heavy atom. The molecule has 27 heavy (non-hydrogen) atoms. The molecular formula is C22H28N4O. The third-order valence-corrected chi connectivity index (χ3v) is 5.93. The zero-order chi connectivity index (χ0) is 19.0. The van der Waals surface area contributed by atoms with E-state index in [1.807, 2.05) is 18.5 Å². The molecule has 1 aromatic carbocycles. The number of aliphatic imine (C=N–C) groups is 1. The van der Waals surface area contributed by atoms with Gasteiger partial charge < -0.3 is 9.80 Å². The molecule has 0 radical (unpaired) electrons. The SMILES string of the molecule is C/N=C/c1ccc([C@@H]2C[C@@H](C)CN(C(=O)C3CN(C)C3)C2)c2cccnc12. The van der Waals surface area contributed by atoms with E-state index in [0.717, 1.165) is 43.7 Å². The van der Waals surface area contributed by atoms with Crippen LogP contribution in [-0.2, 0) is 4.79 Å². The van der Waals surface area contributed by atoms with Crippen molar-refractivity contribution in [3.63, 3.8) is 0 Å². The third-order valence-electron chi connectivity index (χ3n) is 5.93. The number of nitrogens with zero attached hydrogens (tertiary/aromatic N) is 4. The van der Waals surface area contributed by atoms with Gasteiger partial charge in [-0.05, 0) is 31.0 Å². The van der Waals surface area contributed by atoms with Crippen molar-refractivity contribution in [1.29, 1.82) is 0 Å². The molecule has 1 amide bonds. The van der Waals surface area contributed by atoms with E-state index in [-0.39, 0.29) is 5.92 Å². The molecule has 0 bridgehead atoms. The number of fused-ring (bicyclic) bond motifs is 1. The summed E-state index contributed by atoms with van der Waals surface area (Å²) < 4.78 is 0. The fourth-order valence-corrected chi connectivity index (χ4v) is 4.69. The molecular weight excluding hydrogens is 336 g/mol. The van der Waals surface area contributed by atoms with Crippen LogP contribution < -0.4 is 0 Å². The molecule has 1 aromatic heterocycles. The number of likely N-dealkylation sites (tertiary alicyclic amines) is 2. The van der Waals surface area contributed by atoms with E-state index in [4.69, 9.17) is 0 Å². The van der Waals surface area contributed by atoms with E-state index < -0.39 is 0 Å². The normalized spacial score (nSPS) is 24.5. The van der Waals surface area contributed by atoms with Crippen molar-refractivity contribution in [3.05, 3.63) is 41.6 Å². The molecule has 3 heterocycles. The number of carbonyl (C=O) groups is 1. The Hall–Kier alpha value is -2.27. The maximum absolute atomic E-state index is 12.9. The van der Waals surface area contributed by atoms with Gasteiger partial charge in [0.25, 0.3) is 0 Å². The Bertz CT molecular complexity index is 872. The van der Waals surface area contributed by atoms with Crippen molar-refractivity contribution in [2.24, 2.45) is 16.8 Å². The van der Waals surface area contributed by atoms with Gasteiger partial charge in [-0.3, -0.25) is 14.8 Å². The molecule has 142 valence electrons. The van der Waals surface area contributed by atoms with Gasteiger partial charge in [-0.1, -0.05) is 25.1 Å². The van der Waals surface area contributed by atoms with Crippen LogP contribution in [0.15, 0.2) is 35.5 Å². The van der Waals surface area contributed by atoms with Crippen LogP contribution in [0.3, 0.4) is 0 Å². The Kier molecular flexibility index (Phi) is 4.96. The second-order valence-corrected chi connectivity index (χ2v) is 8.23. The van der Waals surface area contributed by atoms with Gasteiger partial charge >= 0.3 is 0 Å². The van der Waals surface area contributed by atoms with Crippen LogP contribution in [0, 0.1) is 11.8 Å². The van der Waals surface area contributed by atoms with E-state index in [1.54, 1.807) is 7.05 Å². The molecule has 0 unspecified atom stereocenters. The number of carbonyl (C=O) groups excluding carboxylic acids is 1. The minimum Gasteiger partial charge on any atom is -0.341 e. The molecule has 0 saturated carbocycles. The van der Waals surface area contributed by atoms with Crippen molar-refractivity contribution in [1.82, 2.24) is 14.8 Å². The van der Waals surface area contributed by atoms with Gasteiger partial charge in [-0.25, -0.2) is 0 Å². The van der Waals surface area contributed by atoms with Gasteiger partial charge in [0.05, 0.1) is 11.4 Å². The molecule has 2 aliphatic rings. The molecule has 5 heteroatoms. The Labute approximate surface area is 161 Å². The minimum atomic E-state index is 0.183. The first kappa shape index (κ1) is 18.1. The Balaban J connectivity index is 1.64. The second kappa shape index (κ2) is 7.39. The summed E-state index contributed by atoms with van der Waals surface area (Å²) in [6, 6.07) is 8.47. The van der Waals surface area contributed by atoms with Gasteiger partial charge in [0.1, 0.15) is 0 Å². The van der Waals surface area contributed by atoms with E-state index in [2.05, 4.69) is 51.9 Å². The summed E-state index contributed by atoms with van der Waals surface area (Å²) in [5, 5.41) is 1.18. The quantitative estimate of drug-likeness (QED) is 0.787. The number of rotatable bonds is 3. The maximum Gasteiger partial charge on any atom is 0.228 e. The lowest BCUT2D eigenvalue weighted by Crippen LogP contribution is -2.55. The van der Waals surface area contributed by atoms with Gasteiger partial charge in [-0.15, -0.1) is 0 Å². The summed E-state index contributed by atoms with van der Waals surface area (Å²) in [7, 11) is 3.86. The number of benzene rings is 1. The third kappa shape index (κ3) is 3.48. The van der Waals surface area contributed by atoms with Crippen molar-refractivity contribution in [2.75, 3.05) is 40.3 Å². The predicted octanol–water partition coefficient (Wildman–Crippen LogP) is 2.80. The lowest BCUT2D eigenvalue weighted by Gasteiger charge is -2.42. The molecule has 2 aromatic rings. The van der Waals surface area contributed by atoms with Crippen LogP contribution in [0.25, 0.3) is 10.9 Å². The summed E-state index contributed by atoms with van der Waals surface area (Å²) in [5.74, 6) is 1.38. The topological polar surface area (TPSA) is 48.8 Å². The number of amides is 1. The van der Waals surface area contributed by atoms with E-state index in [1.165, 1.54) is 10.9 Å². The fraction of sp³-hybridized carbons (Fsp3) is 0.500. The monoisotopic (exact) mass is 364 g/mol. The molecule has 2 aliphatic heterocycles. The molecule has 2 saturated heterocycles. The maximum atomic E-state index is 12.9. The van der Waals surface area contributed by atoms with Gasteiger partial charge in [-0.2, -0.15) is 0 Å². The first-order chi connectivity index (χ1) is 13.1. The van der Waals surface area contributed by atoms with Crippen LogP contribution in [0.5, 0.6) is 0 Å². The van der Waals surface area contributed by atoms with E-state index in [0.29, 0.717) is 17.7 Å². The van der Waals surface area contributed by atoms with Crippen molar-refractivity contribution < 1.29 is 4.79 Å². The number of pyridine rings is 1. The van der Waals surface area contributed by atoms with Crippen molar-refractivity contribution in [2.45, 2.75) is 19.3 Å². The lowest BCUT2D eigenvalue weighted by molar-refractivity contribution is -0.142. The molecule has 0 N–H and O–H groups in total. The summed E-state index contributed by atoms with van der Waals surface area (Å²) >= 11 is 0. The molecule has 5 nitrogen and oxygen atoms in total. The molecule has 2 atom stereocenters. The Morgan fingerprint density at radius 1 is 1.22 bits per heavy atom. The summed E-state index contributed by atoms with van der Waals surface area (Å²) in [6.45, 7) is 5.75. The highest BCUT2D eigenvalue weighted by atomic mass is 16.2.